The molecule has 3 saturated carbocycles. The Bertz CT molecular complexity index is 436. The summed E-state index contributed by atoms with van der Waals surface area (Å²) in [5.74, 6) is 1.17. The lowest BCUT2D eigenvalue weighted by molar-refractivity contribution is -0.152. The van der Waals surface area contributed by atoms with E-state index in [0.717, 1.165) is 25.2 Å². The van der Waals surface area contributed by atoms with E-state index in [1.54, 1.807) is 0 Å². The van der Waals surface area contributed by atoms with Gasteiger partial charge in [-0.05, 0) is 55.8 Å². The van der Waals surface area contributed by atoms with Crippen molar-refractivity contribution in [2.75, 3.05) is 0 Å². The Labute approximate surface area is 126 Å². The average molecular weight is 293 g/mol. The SMILES string of the molecule is CC1CCCCC1(NC(=O)CC1CC2CCC1C2)C(=O)O. The number of carbonyl (C=O) groups excluding carboxylic acids is 1. The molecule has 0 aliphatic heterocycles. The zero-order valence-corrected chi connectivity index (χ0v) is 12.9. The van der Waals surface area contributed by atoms with Crippen molar-refractivity contribution in [3.63, 3.8) is 0 Å². The van der Waals surface area contributed by atoms with Crippen LogP contribution >= 0.6 is 0 Å². The summed E-state index contributed by atoms with van der Waals surface area (Å²) in [6.45, 7) is 1.96. The Kier molecular flexibility index (Phi) is 3.98. The molecule has 3 fully saturated rings. The molecule has 3 aliphatic rings. The van der Waals surface area contributed by atoms with Crippen molar-refractivity contribution in [3.05, 3.63) is 0 Å². The first kappa shape index (κ1) is 14.9. The zero-order valence-electron chi connectivity index (χ0n) is 12.9. The molecule has 0 radical (unpaired) electrons. The standard InChI is InChI=1S/C17H27NO3/c1-11-4-2-3-7-17(11,16(20)21)18-15(19)10-14-9-12-5-6-13(14)8-12/h11-14H,2-10H2,1H3,(H,18,19)(H,20,21). The third kappa shape index (κ3) is 2.69. The maximum atomic E-state index is 12.4. The largest absolute Gasteiger partial charge is 0.479 e. The van der Waals surface area contributed by atoms with E-state index < -0.39 is 11.5 Å². The lowest BCUT2D eigenvalue weighted by Gasteiger charge is -2.40. The van der Waals surface area contributed by atoms with Crippen LogP contribution in [0, 0.1) is 23.7 Å². The van der Waals surface area contributed by atoms with Gasteiger partial charge in [0.25, 0.3) is 0 Å². The maximum absolute atomic E-state index is 12.4. The Balaban J connectivity index is 1.63. The van der Waals surface area contributed by atoms with E-state index >= 15 is 0 Å². The van der Waals surface area contributed by atoms with E-state index in [1.807, 2.05) is 6.92 Å². The molecule has 0 saturated heterocycles. The predicted octanol–water partition coefficient (Wildman–Crippen LogP) is 2.96. The fraction of sp³-hybridized carbons (Fsp3) is 0.882. The normalized spacial score (nSPS) is 42.0. The van der Waals surface area contributed by atoms with Gasteiger partial charge in [0, 0.05) is 6.42 Å². The molecule has 1 amide bonds. The molecule has 0 spiro atoms. The minimum Gasteiger partial charge on any atom is -0.479 e. The van der Waals surface area contributed by atoms with Gasteiger partial charge in [-0.15, -0.1) is 0 Å². The van der Waals surface area contributed by atoms with Crippen molar-refractivity contribution >= 4 is 11.9 Å². The van der Waals surface area contributed by atoms with Gasteiger partial charge in [0.1, 0.15) is 5.54 Å². The Morgan fingerprint density at radius 1 is 1.19 bits per heavy atom. The molecule has 5 atom stereocenters. The topological polar surface area (TPSA) is 66.4 Å². The van der Waals surface area contributed by atoms with Crippen LogP contribution in [0.25, 0.3) is 0 Å². The molecule has 0 aromatic rings. The molecular weight excluding hydrogens is 266 g/mol. The molecule has 3 rings (SSSR count). The number of aliphatic carboxylic acids is 1. The van der Waals surface area contributed by atoms with Crippen molar-refractivity contribution in [2.24, 2.45) is 23.7 Å². The minimum absolute atomic E-state index is 0.0210. The molecule has 0 heterocycles. The number of hydrogen-bond acceptors (Lipinski definition) is 2. The molecule has 5 unspecified atom stereocenters. The number of carbonyl (C=O) groups is 2. The third-order valence-corrected chi connectivity index (χ3v) is 6.38. The van der Waals surface area contributed by atoms with E-state index in [1.165, 1.54) is 25.7 Å². The highest BCUT2D eigenvalue weighted by molar-refractivity contribution is 5.87. The van der Waals surface area contributed by atoms with Gasteiger partial charge in [0.2, 0.25) is 5.91 Å². The smallest absolute Gasteiger partial charge is 0.329 e. The minimum atomic E-state index is -1.02. The first-order valence-corrected chi connectivity index (χ1v) is 8.55. The monoisotopic (exact) mass is 293 g/mol. The van der Waals surface area contributed by atoms with E-state index in [2.05, 4.69) is 5.32 Å². The highest BCUT2D eigenvalue weighted by atomic mass is 16.4. The highest BCUT2D eigenvalue weighted by Gasteiger charge is 2.47. The quantitative estimate of drug-likeness (QED) is 0.837. The summed E-state index contributed by atoms with van der Waals surface area (Å²) in [4.78, 5) is 24.2. The van der Waals surface area contributed by atoms with Crippen molar-refractivity contribution in [1.29, 1.82) is 0 Å². The van der Waals surface area contributed by atoms with Gasteiger partial charge < -0.3 is 10.4 Å². The summed E-state index contributed by atoms with van der Waals surface area (Å²) in [6, 6.07) is 0. The lowest BCUT2D eigenvalue weighted by Crippen LogP contribution is -2.60. The van der Waals surface area contributed by atoms with Gasteiger partial charge in [-0.1, -0.05) is 26.2 Å². The van der Waals surface area contributed by atoms with Crippen molar-refractivity contribution in [2.45, 2.75) is 70.3 Å². The van der Waals surface area contributed by atoms with Gasteiger partial charge >= 0.3 is 5.97 Å². The summed E-state index contributed by atoms with van der Waals surface area (Å²) < 4.78 is 0. The number of nitrogens with one attached hydrogen (secondary N) is 1. The van der Waals surface area contributed by atoms with E-state index in [-0.39, 0.29) is 11.8 Å². The number of amides is 1. The lowest BCUT2D eigenvalue weighted by atomic mass is 9.73. The van der Waals surface area contributed by atoms with Crippen molar-refractivity contribution in [3.8, 4) is 0 Å². The number of rotatable bonds is 4. The predicted molar refractivity (Wildman–Crippen MR) is 79.7 cm³/mol. The molecule has 118 valence electrons. The van der Waals surface area contributed by atoms with Crippen LogP contribution < -0.4 is 5.32 Å². The first-order valence-electron chi connectivity index (χ1n) is 8.55. The summed E-state index contributed by atoms with van der Waals surface area (Å²) in [5, 5.41) is 12.6. The maximum Gasteiger partial charge on any atom is 0.329 e. The fourth-order valence-corrected chi connectivity index (χ4v) is 5.07. The van der Waals surface area contributed by atoms with Crippen LogP contribution in [0.3, 0.4) is 0 Å². The highest BCUT2D eigenvalue weighted by Crippen LogP contribution is 2.49. The average Bonchev–Trinajstić information content (AvgIpc) is 3.03. The zero-order chi connectivity index (χ0) is 15.0. The molecule has 0 aromatic carbocycles. The van der Waals surface area contributed by atoms with Gasteiger partial charge in [0.15, 0.2) is 0 Å². The van der Waals surface area contributed by atoms with Crippen LogP contribution in [0.4, 0.5) is 0 Å². The van der Waals surface area contributed by atoms with Crippen LogP contribution in [0.1, 0.15) is 64.7 Å². The van der Waals surface area contributed by atoms with Crippen LogP contribution in [0.5, 0.6) is 0 Å². The number of carboxylic acid groups (broad SMARTS) is 1. The van der Waals surface area contributed by atoms with Crippen LogP contribution in [-0.2, 0) is 9.59 Å². The van der Waals surface area contributed by atoms with Crippen molar-refractivity contribution in [1.82, 2.24) is 5.32 Å². The molecule has 4 nitrogen and oxygen atoms in total. The van der Waals surface area contributed by atoms with E-state index in [4.69, 9.17) is 0 Å². The fourth-order valence-electron chi connectivity index (χ4n) is 5.07. The number of hydrogen-bond donors (Lipinski definition) is 2. The van der Waals surface area contributed by atoms with Gasteiger partial charge in [-0.25, -0.2) is 4.79 Å². The van der Waals surface area contributed by atoms with Crippen molar-refractivity contribution < 1.29 is 14.7 Å². The van der Waals surface area contributed by atoms with Crippen LogP contribution in [-0.4, -0.2) is 22.5 Å². The van der Waals surface area contributed by atoms with Crippen LogP contribution in [0.15, 0.2) is 0 Å². The summed E-state index contributed by atoms with van der Waals surface area (Å²) in [6.07, 6.45) is 9.02. The Morgan fingerprint density at radius 3 is 2.57 bits per heavy atom. The van der Waals surface area contributed by atoms with Gasteiger partial charge in [0.05, 0.1) is 0 Å². The molecule has 0 aromatic heterocycles. The second-order valence-corrected chi connectivity index (χ2v) is 7.61. The molecule has 2 N–H and O–H groups in total. The molecule has 2 bridgehead atoms. The van der Waals surface area contributed by atoms with E-state index in [9.17, 15) is 14.7 Å². The summed E-state index contributed by atoms with van der Waals surface area (Å²) >= 11 is 0. The molecule has 21 heavy (non-hydrogen) atoms. The Hall–Kier alpha value is -1.06. The molecular formula is C17H27NO3. The number of carboxylic acids is 1. The van der Waals surface area contributed by atoms with Gasteiger partial charge in [-0.3, -0.25) is 4.79 Å². The molecule has 3 aliphatic carbocycles. The second kappa shape index (κ2) is 5.62. The summed E-state index contributed by atoms with van der Waals surface area (Å²) in [5.41, 5.74) is -1.02. The Morgan fingerprint density at radius 2 is 2.00 bits per heavy atom. The third-order valence-electron chi connectivity index (χ3n) is 6.38. The number of fused-ring (bicyclic) bond motifs is 2. The van der Waals surface area contributed by atoms with E-state index in [0.29, 0.717) is 24.7 Å². The first-order chi connectivity index (χ1) is 10.0. The van der Waals surface area contributed by atoms with Gasteiger partial charge in [-0.2, -0.15) is 0 Å². The second-order valence-electron chi connectivity index (χ2n) is 7.61. The van der Waals surface area contributed by atoms with Crippen LogP contribution in [0.2, 0.25) is 0 Å². The molecule has 4 heteroatoms. The summed E-state index contributed by atoms with van der Waals surface area (Å²) in [7, 11) is 0.